The van der Waals surface area contributed by atoms with Crippen LogP contribution in [0, 0.1) is 0 Å². The van der Waals surface area contributed by atoms with E-state index in [1.807, 2.05) is 24.4 Å². The molecule has 0 bridgehead atoms. The molecule has 0 atom stereocenters. The molecule has 4 rings (SSSR count). The Bertz CT molecular complexity index is 990. The highest BCUT2D eigenvalue weighted by atomic mass is 16.5. The number of benzene rings is 2. The normalized spacial score (nSPS) is 18.4. The van der Waals surface area contributed by atoms with E-state index < -0.39 is 5.97 Å². The van der Waals surface area contributed by atoms with Crippen LogP contribution in [0.5, 0.6) is 0 Å². The first-order valence-electron chi connectivity index (χ1n) is 10.1. The van der Waals surface area contributed by atoms with Crippen molar-refractivity contribution in [3.8, 4) is 0 Å². The quantitative estimate of drug-likeness (QED) is 0.594. The third-order valence-corrected chi connectivity index (χ3v) is 5.29. The summed E-state index contributed by atoms with van der Waals surface area (Å²) >= 11 is 0. The molecule has 0 unspecified atom stereocenters. The van der Waals surface area contributed by atoms with Crippen LogP contribution in [0.15, 0.2) is 76.5 Å². The van der Waals surface area contributed by atoms with Gasteiger partial charge in [-0.1, -0.05) is 48.5 Å². The SMILES string of the molecule is O=C([O-])c1ccccc1N/N=C\C1=C(N2CCOCC2)C(=C/c2ccccc2)/CC1. The fraction of sp³-hybridized carbons (Fsp3) is 0.250. The Labute approximate surface area is 176 Å². The molecule has 0 aromatic heterocycles. The second-order valence-electron chi connectivity index (χ2n) is 7.26. The molecule has 1 aliphatic heterocycles. The van der Waals surface area contributed by atoms with E-state index >= 15 is 0 Å². The summed E-state index contributed by atoms with van der Waals surface area (Å²) in [5, 5.41) is 15.6. The summed E-state index contributed by atoms with van der Waals surface area (Å²) in [6.07, 6.45) is 5.88. The van der Waals surface area contributed by atoms with Gasteiger partial charge < -0.3 is 19.5 Å². The summed E-state index contributed by atoms with van der Waals surface area (Å²) in [5.74, 6) is -1.23. The molecule has 2 aliphatic rings. The van der Waals surface area contributed by atoms with Crippen molar-refractivity contribution < 1.29 is 14.6 Å². The number of hydrogen-bond donors (Lipinski definition) is 1. The number of anilines is 1. The first kappa shape index (κ1) is 19.9. The second kappa shape index (κ2) is 9.41. The fourth-order valence-electron chi connectivity index (χ4n) is 3.86. The Kier molecular flexibility index (Phi) is 6.25. The first-order chi connectivity index (χ1) is 14.7. The van der Waals surface area contributed by atoms with Crippen molar-refractivity contribution in [2.75, 3.05) is 31.7 Å². The number of morpholine rings is 1. The van der Waals surface area contributed by atoms with Gasteiger partial charge in [-0.15, -0.1) is 0 Å². The Balaban J connectivity index is 1.61. The van der Waals surface area contributed by atoms with Gasteiger partial charge in [-0.3, -0.25) is 5.43 Å². The number of carboxylic acid groups (broad SMARTS) is 1. The van der Waals surface area contributed by atoms with E-state index in [1.165, 1.54) is 22.9 Å². The summed E-state index contributed by atoms with van der Waals surface area (Å²) in [5.41, 5.74) is 8.18. The van der Waals surface area contributed by atoms with E-state index in [9.17, 15) is 9.90 Å². The number of rotatable bonds is 6. The average Bonchev–Trinajstić information content (AvgIpc) is 3.17. The zero-order valence-electron chi connectivity index (χ0n) is 16.7. The molecule has 2 aromatic rings. The molecule has 154 valence electrons. The number of carboxylic acids is 1. The van der Waals surface area contributed by atoms with Crippen molar-refractivity contribution in [2.45, 2.75) is 12.8 Å². The van der Waals surface area contributed by atoms with Crippen molar-refractivity contribution in [1.82, 2.24) is 4.90 Å². The fourth-order valence-corrected chi connectivity index (χ4v) is 3.86. The molecule has 1 fully saturated rings. The molecule has 0 radical (unpaired) electrons. The minimum atomic E-state index is -1.23. The van der Waals surface area contributed by atoms with E-state index in [2.05, 4.69) is 33.6 Å². The maximum Gasteiger partial charge on any atom is 0.0736 e. The largest absolute Gasteiger partial charge is 0.545 e. The molecule has 2 aromatic carbocycles. The highest BCUT2D eigenvalue weighted by Gasteiger charge is 2.25. The number of carbonyl (C=O) groups is 1. The molecule has 0 spiro atoms. The van der Waals surface area contributed by atoms with E-state index in [0.29, 0.717) is 18.9 Å². The van der Waals surface area contributed by atoms with Gasteiger partial charge >= 0.3 is 0 Å². The number of carbonyl (C=O) groups excluding carboxylic acids is 1. The minimum absolute atomic E-state index is 0.0908. The molecule has 1 aliphatic carbocycles. The lowest BCUT2D eigenvalue weighted by molar-refractivity contribution is -0.254. The van der Waals surface area contributed by atoms with Crippen LogP contribution >= 0.6 is 0 Å². The molecule has 30 heavy (non-hydrogen) atoms. The first-order valence-corrected chi connectivity index (χ1v) is 10.1. The van der Waals surface area contributed by atoms with Gasteiger partial charge in [-0.05, 0) is 41.7 Å². The minimum Gasteiger partial charge on any atom is -0.545 e. The number of hydrogen-bond acceptors (Lipinski definition) is 6. The molecule has 6 nitrogen and oxygen atoms in total. The Morgan fingerprint density at radius 1 is 1.03 bits per heavy atom. The van der Waals surface area contributed by atoms with Crippen LogP contribution in [-0.4, -0.2) is 43.4 Å². The van der Waals surface area contributed by atoms with Gasteiger partial charge in [-0.2, -0.15) is 5.10 Å². The third kappa shape index (κ3) is 4.60. The van der Waals surface area contributed by atoms with Crippen LogP contribution in [0.2, 0.25) is 0 Å². The number of para-hydroxylation sites is 1. The average molecular weight is 402 g/mol. The predicted octanol–water partition coefficient (Wildman–Crippen LogP) is 2.91. The maximum atomic E-state index is 11.3. The Morgan fingerprint density at radius 2 is 1.77 bits per heavy atom. The molecule has 0 amide bonds. The Hall–Kier alpha value is -3.38. The topological polar surface area (TPSA) is 77.0 Å². The number of nitrogens with zero attached hydrogens (tertiary/aromatic N) is 2. The molecule has 0 saturated carbocycles. The third-order valence-electron chi connectivity index (χ3n) is 5.29. The molecule has 6 heteroatoms. The summed E-state index contributed by atoms with van der Waals surface area (Å²) in [6, 6.07) is 16.9. The predicted molar refractivity (Wildman–Crippen MR) is 116 cm³/mol. The molecule has 1 heterocycles. The van der Waals surface area contributed by atoms with Crippen LogP contribution in [0.3, 0.4) is 0 Å². The van der Waals surface area contributed by atoms with Gasteiger partial charge in [0, 0.05) is 24.4 Å². The molecular formula is C24H24N3O3-. The van der Waals surface area contributed by atoms with Crippen LogP contribution in [0.4, 0.5) is 5.69 Å². The number of ether oxygens (including phenoxy) is 1. The Morgan fingerprint density at radius 3 is 2.53 bits per heavy atom. The van der Waals surface area contributed by atoms with Crippen molar-refractivity contribution in [3.05, 3.63) is 82.6 Å². The van der Waals surface area contributed by atoms with Crippen molar-refractivity contribution in [3.63, 3.8) is 0 Å². The number of nitrogens with one attached hydrogen (secondary N) is 1. The van der Waals surface area contributed by atoms with Crippen molar-refractivity contribution >= 4 is 23.9 Å². The van der Waals surface area contributed by atoms with Gasteiger partial charge in [0.05, 0.1) is 31.1 Å². The zero-order valence-corrected chi connectivity index (χ0v) is 16.7. The van der Waals surface area contributed by atoms with E-state index in [0.717, 1.165) is 31.5 Å². The molecule has 1 saturated heterocycles. The smallest absolute Gasteiger partial charge is 0.0736 e. The second-order valence-corrected chi connectivity index (χ2v) is 7.26. The zero-order chi connectivity index (χ0) is 20.8. The van der Waals surface area contributed by atoms with Gasteiger partial charge in [0.1, 0.15) is 0 Å². The van der Waals surface area contributed by atoms with Crippen LogP contribution < -0.4 is 10.5 Å². The monoisotopic (exact) mass is 402 g/mol. The lowest BCUT2D eigenvalue weighted by Crippen LogP contribution is -2.36. The number of allylic oxidation sites excluding steroid dienone is 2. The van der Waals surface area contributed by atoms with Crippen LogP contribution in [0.1, 0.15) is 28.8 Å². The molecule has 1 N–H and O–H groups in total. The van der Waals surface area contributed by atoms with Crippen LogP contribution in [-0.2, 0) is 4.74 Å². The summed E-state index contributed by atoms with van der Waals surface area (Å²) in [4.78, 5) is 13.6. The van der Waals surface area contributed by atoms with E-state index in [1.54, 1.807) is 18.2 Å². The lowest BCUT2D eigenvalue weighted by Gasteiger charge is -2.31. The van der Waals surface area contributed by atoms with Gasteiger partial charge in [0.15, 0.2) is 0 Å². The summed E-state index contributed by atoms with van der Waals surface area (Å²) in [7, 11) is 0. The standard InChI is InChI=1S/C24H25N3O3/c28-24(29)21-8-4-5-9-22(21)26-25-17-20-11-10-19(16-18-6-2-1-3-7-18)23(20)27-12-14-30-15-13-27/h1-9,16-17,26H,10-15H2,(H,28,29)/p-1/b19-16+,25-17-. The van der Waals surface area contributed by atoms with Gasteiger partial charge in [0.25, 0.3) is 0 Å². The lowest BCUT2D eigenvalue weighted by atomic mass is 10.1. The highest BCUT2D eigenvalue weighted by Crippen LogP contribution is 2.35. The summed E-state index contributed by atoms with van der Waals surface area (Å²) < 4.78 is 5.53. The van der Waals surface area contributed by atoms with E-state index in [4.69, 9.17) is 4.74 Å². The van der Waals surface area contributed by atoms with E-state index in [-0.39, 0.29) is 5.56 Å². The molecular weight excluding hydrogens is 378 g/mol. The van der Waals surface area contributed by atoms with Crippen LogP contribution in [0.25, 0.3) is 6.08 Å². The summed E-state index contributed by atoms with van der Waals surface area (Å²) in [6.45, 7) is 3.12. The number of hydrazone groups is 1. The van der Waals surface area contributed by atoms with Crippen molar-refractivity contribution in [1.29, 1.82) is 0 Å². The van der Waals surface area contributed by atoms with Crippen molar-refractivity contribution in [2.24, 2.45) is 5.10 Å². The highest BCUT2D eigenvalue weighted by molar-refractivity contribution is 5.93. The maximum absolute atomic E-state index is 11.3. The van der Waals surface area contributed by atoms with Gasteiger partial charge in [-0.25, -0.2) is 0 Å². The number of aromatic carboxylic acids is 1. The van der Waals surface area contributed by atoms with Gasteiger partial charge in [0.2, 0.25) is 0 Å².